The summed E-state index contributed by atoms with van der Waals surface area (Å²) in [6, 6.07) is 0. The van der Waals surface area contributed by atoms with E-state index in [9.17, 15) is 14.9 Å². The quantitative estimate of drug-likeness (QED) is 0.304. The Morgan fingerprint density at radius 1 is 1.67 bits per heavy atom. The van der Waals surface area contributed by atoms with Crippen molar-refractivity contribution in [2.24, 2.45) is 0 Å². The maximum absolute atomic E-state index is 10.9. The van der Waals surface area contributed by atoms with E-state index in [1.807, 2.05) is 0 Å². The van der Waals surface area contributed by atoms with Crippen LogP contribution in [0.4, 0.5) is 4.79 Å². The summed E-state index contributed by atoms with van der Waals surface area (Å²) in [5.74, 6) is 0. The highest BCUT2D eigenvalue weighted by Gasteiger charge is 2.49. The summed E-state index contributed by atoms with van der Waals surface area (Å²) in [5, 5.41) is 21.8. The molecule has 0 saturated carbocycles. The summed E-state index contributed by atoms with van der Waals surface area (Å²) in [6.45, 7) is 0. The number of nitrogens with one attached hydrogen (secondary N) is 1. The highest BCUT2D eigenvalue weighted by atomic mass is 16.7. The van der Waals surface area contributed by atoms with Crippen LogP contribution in [0.5, 0.6) is 0 Å². The van der Waals surface area contributed by atoms with Crippen LogP contribution in [-0.4, -0.2) is 35.0 Å². The van der Waals surface area contributed by atoms with Crippen LogP contribution in [0, 0.1) is 10.1 Å². The third kappa shape index (κ3) is 1.96. The second-order valence-corrected chi connectivity index (χ2v) is 2.88. The number of hydrogen-bond acceptors (Lipinski definition) is 5. The zero-order valence-corrected chi connectivity index (χ0v) is 7.91. The topological polar surface area (TPSA) is 102 Å². The molecule has 7 nitrogen and oxygen atoms in total. The van der Waals surface area contributed by atoms with E-state index in [2.05, 4.69) is 10.1 Å². The third-order valence-corrected chi connectivity index (χ3v) is 2.11. The van der Waals surface area contributed by atoms with Gasteiger partial charge in [0.15, 0.2) is 0 Å². The number of ether oxygens (including phenoxy) is 1. The monoisotopic (exact) mass is 214 g/mol. The van der Waals surface area contributed by atoms with Gasteiger partial charge in [0.1, 0.15) is 0 Å². The van der Waals surface area contributed by atoms with Crippen LogP contribution in [-0.2, 0) is 4.74 Å². The molecule has 0 aliphatic heterocycles. The lowest BCUT2D eigenvalue weighted by Gasteiger charge is -2.28. The van der Waals surface area contributed by atoms with E-state index < -0.39 is 22.8 Å². The highest BCUT2D eigenvalue weighted by Crippen LogP contribution is 2.21. The molecule has 0 saturated heterocycles. The van der Waals surface area contributed by atoms with Crippen molar-refractivity contribution < 1.29 is 19.6 Å². The molecule has 0 heterocycles. The standard InChI is InChI=1S/C8H10N2O5/c1-9-8(10(13)14)5-3-2-4-6(8)15-7(11)12/h2-6,9H,1H3,(H,11,12). The molecular weight excluding hydrogens is 204 g/mol. The summed E-state index contributed by atoms with van der Waals surface area (Å²) < 4.78 is 4.43. The van der Waals surface area contributed by atoms with Crippen LogP contribution in [0.3, 0.4) is 0 Å². The van der Waals surface area contributed by atoms with Gasteiger partial charge in [-0.3, -0.25) is 10.1 Å². The van der Waals surface area contributed by atoms with E-state index in [4.69, 9.17) is 5.11 Å². The van der Waals surface area contributed by atoms with Gasteiger partial charge in [0.2, 0.25) is 6.10 Å². The normalized spacial score (nSPS) is 28.7. The minimum Gasteiger partial charge on any atom is -0.450 e. The summed E-state index contributed by atoms with van der Waals surface area (Å²) in [5.41, 5.74) is -1.73. The molecule has 2 unspecified atom stereocenters. The molecule has 0 aromatic carbocycles. The number of carbonyl (C=O) groups is 1. The van der Waals surface area contributed by atoms with Crippen molar-refractivity contribution in [1.29, 1.82) is 0 Å². The molecule has 0 aromatic rings. The average Bonchev–Trinajstić information content (AvgIpc) is 2.17. The first-order valence-corrected chi connectivity index (χ1v) is 4.12. The SMILES string of the molecule is CNC1([N+](=O)[O-])C=CC=CC1OC(=O)O. The Bertz CT molecular complexity index is 338. The van der Waals surface area contributed by atoms with Crippen molar-refractivity contribution in [2.75, 3.05) is 7.05 Å². The fraction of sp³-hybridized carbons (Fsp3) is 0.375. The van der Waals surface area contributed by atoms with Crippen LogP contribution in [0.2, 0.25) is 0 Å². The lowest BCUT2D eigenvalue weighted by molar-refractivity contribution is -0.571. The van der Waals surface area contributed by atoms with Gasteiger partial charge in [0, 0.05) is 6.08 Å². The first-order chi connectivity index (χ1) is 7.03. The maximum Gasteiger partial charge on any atom is 0.506 e. The van der Waals surface area contributed by atoms with Gasteiger partial charge in [-0.2, -0.15) is 0 Å². The van der Waals surface area contributed by atoms with E-state index in [1.165, 1.54) is 31.4 Å². The largest absolute Gasteiger partial charge is 0.506 e. The number of likely N-dealkylation sites (N-methyl/N-ethyl adjacent to an activating group) is 1. The molecule has 0 amide bonds. The zero-order chi connectivity index (χ0) is 11.5. The minimum absolute atomic E-state index is 0.624. The molecule has 1 rings (SSSR count). The predicted octanol–water partition coefficient (Wildman–Crippen LogP) is 0.368. The van der Waals surface area contributed by atoms with Gasteiger partial charge >= 0.3 is 11.8 Å². The lowest BCUT2D eigenvalue weighted by Crippen LogP contribution is -2.58. The van der Waals surface area contributed by atoms with Gasteiger partial charge in [-0.1, -0.05) is 12.2 Å². The molecule has 15 heavy (non-hydrogen) atoms. The van der Waals surface area contributed by atoms with Gasteiger partial charge in [-0.25, -0.2) is 10.1 Å². The first-order valence-electron chi connectivity index (χ1n) is 4.12. The van der Waals surface area contributed by atoms with Gasteiger partial charge in [-0.05, 0) is 13.1 Å². The summed E-state index contributed by atoms with van der Waals surface area (Å²) in [6.07, 6.45) is 2.78. The van der Waals surface area contributed by atoms with E-state index in [1.54, 1.807) is 0 Å². The molecule has 7 heteroatoms. The molecule has 0 spiro atoms. The summed E-state index contributed by atoms with van der Waals surface area (Å²) in [7, 11) is 1.37. The molecule has 0 bridgehead atoms. The minimum atomic E-state index is -1.73. The van der Waals surface area contributed by atoms with Crippen molar-refractivity contribution in [1.82, 2.24) is 5.32 Å². The fourth-order valence-electron chi connectivity index (χ4n) is 1.33. The molecule has 2 atom stereocenters. The zero-order valence-electron chi connectivity index (χ0n) is 7.91. The molecule has 0 fully saturated rings. The third-order valence-electron chi connectivity index (χ3n) is 2.11. The summed E-state index contributed by atoms with van der Waals surface area (Å²) in [4.78, 5) is 20.6. The van der Waals surface area contributed by atoms with Gasteiger partial charge < -0.3 is 9.84 Å². The molecule has 0 aromatic heterocycles. The molecular formula is C8H10N2O5. The molecule has 1 aliphatic rings. The summed E-state index contributed by atoms with van der Waals surface area (Å²) >= 11 is 0. The van der Waals surface area contributed by atoms with E-state index in [0.717, 1.165) is 0 Å². The Morgan fingerprint density at radius 2 is 2.33 bits per heavy atom. The number of nitro groups is 1. The average molecular weight is 214 g/mol. The molecule has 82 valence electrons. The van der Waals surface area contributed by atoms with Crippen LogP contribution in [0.15, 0.2) is 24.3 Å². The van der Waals surface area contributed by atoms with Gasteiger partial charge in [0.25, 0.3) is 0 Å². The van der Waals surface area contributed by atoms with Crippen molar-refractivity contribution in [3.8, 4) is 0 Å². The van der Waals surface area contributed by atoms with Gasteiger partial charge in [-0.15, -0.1) is 0 Å². The van der Waals surface area contributed by atoms with Crippen molar-refractivity contribution in [3.05, 3.63) is 34.4 Å². The van der Waals surface area contributed by atoms with E-state index in [0.29, 0.717) is 0 Å². The number of hydrogen-bond donors (Lipinski definition) is 2. The smallest absolute Gasteiger partial charge is 0.450 e. The Kier molecular flexibility index (Phi) is 3.05. The molecule has 0 radical (unpaired) electrons. The Hall–Kier alpha value is -1.89. The second kappa shape index (κ2) is 4.09. The number of rotatable bonds is 3. The Labute approximate surface area is 85.2 Å². The van der Waals surface area contributed by atoms with Crippen molar-refractivity contribution in [3.63, 3.8) is 0 Å². The fourth-order valence-corrected chi connectivity index (χ4v) is 1.33. The highest BCUT2D eigenvalue weighted by molar-refractivity contribution is 5.57. The lowest BCUT2D eigenvalue weighted by atomic mass is 9.98. The van der Waals surface area contributed by atoms with Gasteiger partial charge in [0.05, 0.1) is 4.92 Å². The van der Waals surface area contributed by atoms with Crippen molar-refractivity contribution in [2.45, 2.75) is 11.8 Å². The van der Waals surface area contributed by atoms with Crippen LogP contribution in [0.1, 0.15) is 0 Å². The van der Waals surface area contributed by atoms with Crippen LogP contribution < -0.4 is 5.32 Å². The Balaban J connectivity index is 3.01. The van der Waals surface area contributed by atoms with E-state index >= 15 is 0 Å². The second-order valence-electron chi connectivity index (χ2n) is 2.88. The predicted molar refractivity (Wildman–Crippen MR) is 50.0 cm³/mol. The number of nitrogens with zero attached hydrogens (tertiary/aromatic N) is 1. The van der Waals surface area contributed by atoms with Crippen molar-refractivity contribution >= 4 is 6.16 Å². The van der Waals surface area contributed by atoms with Crippen LogP contribution in [0.25, 0.3) is 0 Å². The van der Waals surface area contributed by atoms with E-state index in [-0.39, 0.29) is 0 Å². The maximum atomic E-state index is 10.9. The number of allylic oxidation sites excluding steroid dienone is 2. The molecule has 2 N–H and O–H groups in total. The first kappa shape index (κ1) is 11.2. The Morgan fingerprint density at radius 3 is 2.80 bits per heavy atom. The molecule has 1 aliphatic carbocycles. The number of carboxylic acid groups (broad SMARTS) is 1. The van der Waals surface area contributed by atoms with Crippen LogP contribution >= 0.6 is 0 Å².